The Morgan fingerprint density at radius 3 is 2.46 bits per heavy atom. The number of hydrogen-bond donors (Lipinski definition) is 0. The first-order valence-corrected chi connectivity index (χ1v) is 13.5. The standard InChI is InChI=1S/C27H31ClFN3O4S/c1-15-6-8-16(9-7-15)21-20(25(33)35-5)22(18-11-10-17(29)14-19(18)28)32(26(34)36-27(2,3)4)23(31-21)24-30-12-13-37-24/h10-16,22H,6-9H2,1-5H3. The van der Waals surface area contributed by atoms with Crippen LogP contribution >= 0.6 is 22.9 Å². The van der Waals surface area contributed by atoms with Gasteiger partial charge in [-0.3, -0.25) is 0 Å². The molecule has 1 unspecified atom stereocenters. The number of allylic oxidation sites excluding steroid dienone is 1. The number of benzene rings is 1. The molecule has 4 rings (SSSR count). The second-order valence-electron chi connectivity index (χ2n) is 10.4. The molecule has 0 bridgehead atoms. The van der Waals surface area contributed by atoms with E-state index in [1.165, 1.54) is 35.5 Å². The van der Waals surface area contributed by atoms with E-state index in [-0.39, 0.29) is 22.3 Å². The number of hydrogen-bond acceptors (Lipinski definition) is 7. The third-order valence-corrected chi connectivity index (χ3v) is 7.64. The first-order valence-electron chi connectivity index (χ1n) is 12.3. The third-order valence-electron chi connectivity index (χ3n) is 6.54. The van der Waals surface area contributed by atoms with Crippen LogP contribution in [0, 0.1) is 17.7 Å². The predicted octanol–water partition coefficient (Wildman–Crippen LogP) is 6.93. The van der Waals surface area contributed by atoms with E-state index in [1.54, 1.807) is 32.3 Å². The molecule has 2 aromatic rings. The van der Waals surface area contributed by atoms with Crippen molar-refractivity contribution < 1.29 is 23.5 Å². The van der Waals surface area contributed by atoms with E-state index in [2.05, 4.69) is 11.9 Å². The molecule has 10 heteroatoms. The topological polar surface area (TPSA) is 81.1 Å². The number of amides is 1. The molecule has 1 atom stereocenters. The normalized spacial score (nSPS) is 22.5. The van der Waals surface area contributed by atoms with Gasteiger partial charge in [-0.1, -0.05) is 37.4 Å². The average molecular weight is 548 g/mol. The van der Waals surface area contributed by atoms with Crippen LogP contribution in [-0.2, 0) is 14.3 Å². The Kier molecular flexibility index (Phi) is 8.04. The van der Waals surface area contributed by atoms with Crippen LogP contribution in [-0.4, -0.2) is 40.5 Å². The number of esters is 1. The van der Waals surface area contributed by atoms with Gasteiger partial charge in [0.25, 0.3) is 0 Å². The molecule has 1 aliphatic heterocycles. The summed E-state index contributed by atoms with van der Waals surface area (Å²) in [6, 6.07) is 2.84. The number of amidine groups is 1. The van der Waals surface area contributed by atoms with Gasteiger partial charge in [0.05, 0.1) is 18.4 Å². The van der Waals surface area contributed by atoms with Crippen molar-refractivity contribution in [3.63, 3.8) is 0 Å². The predicted molar refractivity (Wildman–Crippen MR) is 141 cm³/mol. The Morgan fingerprint density at radius 1 is 1.19 bits per heavy atom. The molecule has 0 N–H and O–H groups in total. The fraction of sp³-hybridized carbons (Fsp3) is 0.481. The fourth-order valence-corrected chi connectivity index (χ4v) is 5.69. The maximum Gasteiger partial charge on any atom is 0.416 e. The highest BCUT2D eigenvalue weighted by atomic mass is 35.5. The SMILES string of the molecule is COC(=O)C1=C(C2CCC(C)CC2)N=C(c2nccs2)N(C(=O)OC(C)(C)C)C1c1ccc(F)cc1Cl. The number of carbonyl (C=O) groups is 2. The van der Waals surface area contributed by atoms with E-state index in [0.29, 0.717) is 22.2 Å². The van der Waals surface area contributed by atoms with Gasteiger partial charge in [-0.15, -0.1) is 11.3 Å². The molecular formula is C27H31ClFN3O4S. The zero-order chi connectivity index (χ0) is 26.9. The van der Waals surface area contributed by atoms with Gasteiger partial charge < -0.3 is 9.47 Å². The molecule has 0 saturated heterocycles. The van der Waals surface area contributed by atoms with Gasteiger partial charge in [-0.2, -0.15) is 0 Å². The highest BCUT2D eigenvalue weighted by molar-refractivity contribution is 7.11. The second-order valence-corrected chi connectivity index (χ2v) is 11.7. The number of nitrogens with zero attached hydrogens (tertiary/aromatic N) is 3. The maximum absolute atomic E-state index is 14.1. The summed E-state index contributed by atoms with van der Waals surface area (Å²) in [6.07, 6.45) is 4.54. The van der Waals surface area contributed by atoms with E-state index >= 15 is 0 Å². The average Bonchev–Trinajstić information content (AvgIpc) is 3.37. The van der Waals surface area contributed by atoms with Crippen LogP contribution in [0.1, 0.15) is 70.0 Å². The Hall–Kier alpha value is -2.78. The van der Waals surface area contributed by atoms with Crippen LogP contribution in [0.5, 0.6) is 0 Å². The number of aromatic nitrogens is 1. The number of carbonyl (C=O) groups excluding carboxylic acids is 2. The highest BCUT2D eigenvalue weighted by Gasteiger charge is 2.46. The number of rotatable bonds is 4. The van der Waals surface area contributed by atoms with Crippen molar-refractivity contribution in [2.45, 2.75) is 65.0 Å². The van der Waals surface area contributed by atoms with Crippen molar-refractivity contribution >= 4 is 40.8 Å². The van der Waals surface area contributed by atoms with Crippen LogP contribution < -0.4 is 0 Å². The second kappa shape index (κ2) is 10.9. The van der Waals surface area contributed by atoms with Crippen LogP contribution in [0.25, 0.3) is 0 Å². The van der Waals surface area contributed by atoms with Crippen molar-refractivity contribution in [3.8, 4) is 0 Å². The van der Waals surface area contributed by atoms with Crippen molar-refractivity contribution in [1.29, 1.82) is 0 Å². The molecule has 1 aliphatic carbocycles. The summed E-state index contributed by atoms with van der Waals surface area (Å²) in [4.78, 5) is 37.9. The van der Waals surface area contributed by atoms with E-state index < -0.39 is 29.5 Å². The van der Waals surface area contributed by atoms with Crippen molar-refractivity contribution in [2.24, 2.45) is 16.8 Å². The molecule has 7 nitrogen and oxygen atoms in total. The van der Waals surface area contributed by atoms with Gasteiger partial charge in [0.2, 0.25) is 0 Å². The van der Waals surface area contributed by atoms with Gasteiger partial charge in [0, 0.05) is 22.5 Å². The van der Waals surface area contributed by atoms with Crippen LogP contribution in [0.2, 0.25) is 5.02 Å². The molecular weight excluding hydrogens is 517 g/mol. The zero-order valence-corrected chi connectivity index (χ0v) is 23.2. The number of ether oxygens (including phenoxy) is 2. The number of aliphatic imine (C=N–C) groups is 1. The van der Waals surface area contributed by atoms with Gasteiger partial charge in [-0.25, -0.2) is 28.9 Å². The van der Waals surface area contributed by atoms with Crippen LogP contribution in [0.15, 0.2) is 46.0 Å². The smallest absolute Gasteiger partial charge is 0.416 e. The van der Waals surface area contributed by atoms with E-state index in [9.17, 15) is 14.0 Å². The largest absolute Gasteiger partial charge is 0.466 e. The van der Waals surface area contributed by atoms with Gasteiger partial charge in [0.15, 0.2) is 10.8 Å². The van der Waals surface area contributed by atoms with Gasteiger partial charge >= 0.3 is 12.1 Å². The molecule has 1 aromatic carbocycles. The van der Waals surface area contributed by atoms with Gasteiger partial charge in [0.1, 0.15) is 17.5 Å². The molecule has 1 amide bonds. The van der Waals surface area contributed by atoms with Crippen LogP contribution in [0.3, 0.4) is 0 Å². The quantitative estimate of drug-likeness (QED) is 0.388. The van der Waals surface area contributed by atoms with E-state index in [0.717, 1.165) is 31.7 Å². The molecule has 0 radical (unpaired) electrons. The summed E-state index contributed by atoms with van der Waals surface area (Å²) in [5.41, 5.74) is 0.271. The number of methoxy groups -OCH3 is 1. The Bertz CT molecular complexity index is 1230. The monoisotopic (exact) mass is 547 g/mol. The minimum Gasteiger partial charge on any atom is -0.466 e. The van der Waals surface area contributed by atoms with E-state index in [1.807, 2.05) is 0 Å². The molecule has 198 valence electrons. The Balaban J connectivity index is 2.01. The third kappa shape index (κ3) is 5.88. The summed E-state index contributed by atoms with van der Waals surface area (Å²) in [6.45, 7) is 7.46. The lowest BCUT2D eigenvalue weighted by atomic mass is 9.78. The minimum absolute atomic E-state index is 0.0252. The zero-order valence-electron chi connectivity index (χ0n) is 21.6. The molecule has 1 aromatic heterocycles. The summed E-state index contributed by atoms with van der Waals surface area (Å²) in [5, 5.41) is 2.34. The summed E-state index contributed by atoms with van der Waals surface area (Å²) in [5.74, 6) is -0.356. The molecule has 1 saturated carbocycles. The number of halogens is 2. The summed E-state index contributed by atoms with van der Waals surface area (Å²) < 4.78 is 25.1. The van der Waals surface area contributed by atoms with Crippen molar-refractivity contribution in [1.82, 2.24) is 9.88 Å². The van der Waals surface area contributed by atoms with Crippen molar-refractivity contribution in [2.75, 3.05) is 7.11 Å². The Morgan fingerprint density at radius 2 is 1.89 bits per heavy atom. The van der Waals surface area contributed by atoms with Gasteiger partial charge in [-0.05, 0) is 57.2 Å². The molecule has 37 heavy (non-hydrogen) atoms. The summed E-state index contributed by atoms with van der Waals surface area (Å²) in [7, 11) is 1.29. The fourth-order valence-electron chi connectivity index (χ4n) is 4.80. The minimum atomic E-state index is -1.05. The lowest BCUT2D eigenvalue weighted by molar-refractivity contribution is -0.136. The van der Waals surface area contributed by atoms with Crippen LogP contribution in [0.4, 0.5) is 9.18 Å². The number of thiazole rings is 1. The first-order chi connectivity index (χ1) is 17.5. The first kappa shape index (κ1) is 27.3. The summed E-state index contributed by atoms with van der Waals surface area (Å²) >= 11 is 7.87. The highest BCUT2D eigenvalue weighted by Crippen LogP contribution is 2.45. The molecule has 2 aliphatic rings. The lowest BCUT2D eigenvalue weighted by Gasteiger charge is -2.39. The maximum atomic E-state index is 14.1. The molecule has 0 spiro atoms. The molecule has 2 heterocycles. The Labute approximate surface area is 225 Å². The lowest BCUT2D eigenvalue weighted by Crippen LogP contribution is -2.47. The molecule has 1 fully saturated rings. The van der Waals surface area contributed by atoms with Crippen molar-refractivity contribution in [3.05, 3.63) is 62.5 Å². The van der Waals surface area contributed by atoms with E-state index in [4.69, 9.17) is 26.1 Å².